The molecule has 2 rings (SSSR count). The average Bonchev–Trinajstić information content (AvgIpc) is 2.72. The van der Waals surface area contributed by atoms with E-state index in [2.05, 4.69) is 50.4 Å². The lowest BCUT2D eigenvalue weighted by molar-refractivity contribution is 1.19. The number of anilines is 1. The minimum Gasteiger partial charge on any atom is -0.379 e. The van der Waals surface area contributed by atoms with Crippen LogP contribution >= 0.6 is 38.6 Å². The Bertz CT molecular complexity index is 419. The molecule has 0 aliphatic carbocycles. The molecule has 4 heteroatoms. The molecular formula is C10H10BrNS2. The molecule has 0 bridgehead atoms. The molecule has 2 aromatic heterocycles. The van der Waals surface area contributed by atoms with Crippen LogP contribution in [0.2, 0.25) is 0 Å². The van der Waals surface area contributed by atoms with Gasteiger partial charge in [0, 0.05) is 32.3 Å². The van der Waals surface area contributed by atoms with Gasteiger partial charge in [-0.2, -0.15) is 0 Å². The average molecular weight is 288 g/mol. The molecule has 74 valence electrons. The van der Waals surface area contributed by atoms with E-state index in [1.807, 2.05) is 0 Å². The molecule has 0 spiro atoms. The maximum absolute atomic E-state index is 3.45. The minimum atomic E-state index is 0.911. The Morgan fingerprint density at radius 3 is 2.79 bits per heavy atom. The Labute approximate surface area is 99.9 Å². The molecule has 0 aromatic carbocycles. The summed E-state index contributed by atoms with van der Waals surface area (Å²) in [4.78, 5) is 1.35. The third-order valence-electron chi connectivity index (χ3n) is 1.93. The zero-order valence-corrected chi connectivity index (χ0v) is 10.9. The van der Waals surface area contributed by atoms with Gasteiger partial charge in [-0.3, -0.25) is 0 Å². The van der Waals surface area contributed by atoms with Crippen molar-refractivity contribution in [2.24, 2.45) is 0 Å². The van der Waals surface area contributed by atoms with E-state index in [0.29, 0.717) is 0 Å². The molecule has 0 aliphatic rings. The maximum Gasteiger partial charge on any atom is 0.0494 e. The van der Waals surface area contributed by atoms with Gasteiger partial charge in [0.25, 0.3) is 0 Å². The van der Waals surface area contributed by atoms with Gasteiger partial charge in [-0.25, -0.2) is 0 Å². The van der Waals surface area contributed by atoms with Gasteiger partial charge in [0.15, 0.2) is 0 Å². The molecule has 2 aromatic rings. The summed E-state index contributed by atoms with van der Waals surface area (Å²) in [5, 5.41) is 9.84. The molecular weight excluding hydrogens is 278 g/mol. The topological polar surface area (TPSA) is 12.0 Å². The Hall–Kier alpha value is -0.320. The number of halogens is 1. The van der Waals surface area contributed by atoms with Crippen molar-refractivity contribution in [3.63, 3.8) is 0 Å². The van der Waals surface area contributed by atoms with Gasteiger partial charge in [-0.15, -0.1) is 22.7 Å². The van der Waals surface area contributed by atoms with Crippen LogP contribution in [0.3, 0.4) is 0 Å². The number of rotatable bonds is 3. The van der Waals surface area contributed by atoms with Crippen LogP contribution in [0.5, 0.6) is 0 Å². The Kier molecular flexibility index (Phi) is 3.26. The van der Waals surface area contributed by atoms with E-state index in [1.165, 1.54) is 20.6 Å². The predicted molar refractivity (Wildman–Crippen MR) is 68.4 cm³/mol. The zero-order chi connectivity index (χ0) is 9.97. The summed E-state index contributed by atoms with van der Waals surface area (Å²) in [6.07, 6.45) is 0. The molecule has 0 saturated carbocycles. The molecule has 0 saturated heterocycles. The molecule has 0 fully saturated rings. The highest BCUT2D eigenvalue weighted by molar-refractivity contribution is 9.10. The van der Waals surface area contributed by atoms with Crippen molar-refractivity contribution in [3.8, 4) is 0 Å². The van der Waals surface area contributed by atoms with Crippen molar-refractivity contribution in [1.82, 2.24) is 0 Å². The summed E-state index contributed by atoms with van der Waals surface area (Å²) in [5.74, 6) is 0. The van der Waals surface area contributed by atoms with Crippen LogP contribution in [-0.4, -0.2) is 0 Å². The fourth-order valence-corrected chi connectivity index (χ4v) is 3.37. The van der Waals surface area contributed by atoms with E-state index < -0.39 is 0 Å². The van der Waals surface area contributed by atoms with Crippen molar-refractivity contribution in [3.05, 3.63) is 37.1 Å². The van der Waals surface area contributed by atoms with Gasteiger partial charge in [-0.05, 0) is 39.9 Å². The first kappa shape index (κ1) is 10.2. The maximum atomic E-state index is 3.45. The summed E-state index contributed by atoms with van der Waals surface area (Å²) in [7, 11) is 0. The van der Waals surface area contributed by atoms with Gasteiger partial charge in [0.05, 0.1) is 0 Å². The molecule has 14 heavy (non-hydrogen) atoms. The molecule has 2 heterocycles. The fraction of sp³-hybridized carbons (Fsp3) is 0.200. The van der Waals surface area contributed by atoms with E-state index in [4.69, 9.17) is 0 Å². The number of hydrogen-bond donors (Lipinski definition) is 1. The highest BCUT2D eigenvalue weighted by atomic mass is 79.9. The van der Waals surface area contributed by atoms with Crippen molar-refractivity contribution in [2.45, 2.75) is 13.5 Å². The van der Waals surface area contributed by atoms with Crippen LogP contribution in [-0.2, 0) is 6.54 Å². The minimum absolute atomic E-state index is 0.911. The largest absolute Gasteiger partial charge is 0.379 e. The highest BCUT2D eigenvalue weighted by Gasteiger charge is 2.00. The summed E-state index contributed by atoms with van der Waals surface area (Å²) in [6, 6.07) is 2.15. The molecule has 0 aliphatic heterocycles. The Morgan fingerprint density at radius 2 is 2.21 bits per heavy atom. The molecule has 0 unspecified atom stereocenters. The first-order valence-electron chi connectivity index (χ1n) is 4.25. The summed E-state index contributed by atoms with van der Waals surface area (Å²) < 4.78 is 1.17. The van der Waals surface area contributed by atoms with Crippen molar-refractivity contribution >= 4 is 44.3 Å². The van der Waals surface area contributed by atoms with Crippen LogP contribution in [0.4, 0.5) is 5.69 Å². The molecule has 0 atom stereocenters. The second-order valence-corrected chi connectivity index (χ2v) is 5.71. The number of aryl methyl sites for hydroxylation is 1. The second kappa shape index (κ2) is 4.47. The third kappa shape index (κ3) is 2.38. The van der Waals surface area contributed by atoms with Crippen molar-refractivity contribution < 1.29 is 0 Å². The van der Waals surface area contributed by atoms with E-state index in [1.54, 1.807) is 22.7 Å². The SMILES string of the molecule is Cc1cscc1NCc1cc(Br)cs1. The molecule has 0 radical (unpaired) electrons. The van der Waals surface area contributed by atoms with Gasteiger partial charge in [0.2, 0.25) is 0 Å². The predicted octanol–water partition coefficient (Wildman–Crippen LogP) is 4.49. The molecule has 0 amide bonds. The van der Waals surface area contributed by atoms with Crippen LogP contribution in [0.15, 0.2) is 26.7 Å². The smallest absolute Gasteiger partial charge is 0.0494 e. The van der Waals surface area contributed by atoms with E-state index in [-0.39, 0.29) is 0 Å². The van der Waals surface area contributed by atoms with E-state index in [0.717, 1.165) is 6.54 Å². The lowest BCUT2D eigenvalue weighted by atomic mass is 10.3. The second-order valence-electron chi connectivity index (χ2n) is 3.05. The summed E-state index contributed by atoms with van der Waals surface area (Å²) >= 11 is 6.96. The first-order chi connectivity index (χ1) is 6.75. The number of thiophene rings is 2. The van der Waals surface area contributed by atoms with E-state index >= 15 is 0 Å². The quantitative estimate of drug-likeness (QED) is 0.877. The summed E-state index contributed by atoms with van der Waals surface area (Å²) in [5.41, 5.74) is 2.57. The van der Waals surface area contributed by atoms with Crippen molar-refractivity contribution in [2.75, 3.05) is 5.32 Å². The van der Waals surface area contributed by atoms with Gasteiger partial charge < -0.3 is 5.32 Å². The lowest BCUT2D eigenvalue weighted by Crippen LogP contribution is -1.96. The van der Waals surface area contributed by atoms with Crippen LogP contribution in [0.25, 0.3) is 0 Å². The fourth-order valence-electron chi connectivity index (χ4n) is 1.17. The van der Waals surface area contributed by atoms with Gasteiger partial charge in [0.1, 0.15) is 0 Å². The third-order valence-corrected chi connectivity index (χ3v) is 4.49. The molecule has 1 N–H and O–H groups in total. The monoisotopic (exact) mass is 287 g/mol. The van der Waals surface area contributed by atoms with Gasteiger partial charge in [-0.1, -0.05) is 0 Å². The number of hydrogen-bond acceptors (Lipinski definition) is 3. The Balaban J connectivity index is 1.98. The van der Waals surface area contributed by atoms with Gasteiger partial charge >= 0.3 is 0 Å². The Morgan fingerprint density at radius 1 is 1.36 bits per heavy atom. The lowest BCUT2D eigenvalue weighted by Gasteiger charge is -2.02. The highest BCUT2D eigenvalue weighted by Crippen LogP contribution is 2.23. The van der Waals surface area contributed by atoms with E-state index in [9.17, 15) is 0 Å². The van der Waals surface area contributed by atoms with Crippen molar-refractivity contribution in [1.29, 1.82) is 0 Å². The number of nitrogens with one attached hydrogen (secondary N) is 1. The standard InChI is InChI=1S/C10H10BrNS2/c1-7-4-13-6-10(7)12-3-9-2-8(11)5-14-9/h2,4-6,12H,3H2,1H3. The summed E-state index contributed by atoms with van der Waals surface area (Å²) in [6.45, 7) is 3.04. The molecule has 1 nitrogen and oxygen atoms in total. The van der Waals surface area contributed by atoms with Crippen LogP contribution < -0.4 is 5.32 Å². The van der Waals surface area contributed by atoms with Crippen LogP contribution in [0, 0.1) is 6.92 Å². The zero-order valence-electron chi connectivity index (χ0n) is 7.71. The van der Waals surface area contributed by atoms with Crippen LogP contribution in [0.1, 0.15) is 10.4 Å². The normalized spacial score (nSPS) is 10.4. The first-order valence-corrected chi connectivity index (χ1v) is 6.87.